The number of aromatic nitrogens is 3. The Balaban J connectivity index is 1.61. The fourth-order valence-corrected chi connectivity index (χ4v) is 4.86. The van der Waals surface area contributed by atoms with E-state index in [2.05, 4.69) is 94.1 Å². The van der Waals surface area contributed by atoms with Crippen molar-refractivity contribution in [1.82, 2.24) is 15.0 Å². The van der Waals surface area contributed by atoms with Gasteiger partial charge in [0, 0.05) is 73.1 Å². The van der Waals surface area contributed by atoms with E-state index in [-0.39, 0.29) is 0 Å². The van der Waals surface area contributed by atoms with Crippen molar-refractivity contribution < 1.29 is 4.42 Å². The highest BCUT2D eigenvalue weighted by Crippen LogP contribution is 2.44. The third-order valence-electron chi connectivity index (χ3n) is 6.31. The number of H-pyrrole nitrogens is 3. The molecule has 0 amide bonds. The van der Waals surface area contributed by atoms with Gasteiger partial charge < -0.3 is 19.4 Å². The number of hydrogen-bond acceptors (Lipinski definition) is 1. The molecule has 0 unspecified atom stereocenters. The summed E-state index contributed by atoms with van der Waals surface area (Å²) in [5.74, 6) is 0.853. The third-order valence-corrected chi connectivity index (χ3v) is 6.31. The number of fused-ring (bicyclic) bond motifs is 3. The van der Waals surface area contributed by atoms with Gasteiger partial charge in [-0.15, -0.1) is 0 Å². The van der Waals surface area contributed by atoms with E-state index in [1.807, 2.05) is 12.1 Å². The van der Waals surface area contributed by atoms with Crippen LogP contribution in [0.2, 0.25) is 0 Å². The van der Waals surface area contributed by atoms with Crippen LogP contribution in [0.3, 0.4) is 0 Å². The molecule has 3 aromatic carbocycles. The number of aromatic amines is 3. The second kappa shape index (κ2) is 6.53. The van der Waals surface area contributed by atoms with E-state index in [1.165, 1.54) is 27.3 Å². The molecule has 4 aromatic heterocycles. The molecule has 0 saturated heterocycles. The van der Waals surface area contributed by atoms with Crippen molar-refractivity contribution in [3.8, 4) is 33.7 Å². The maximum absolute atomic E-state index is 5.85. The Morgan fingerprint density at radius 3 is 2.31 bits per heavy atom. The smallest absolute Gasteiger partial charge is 0.134 e. The molecule has 0 saturated carbocycles. The highest BCUT2D eigenvalue weighted by atomic mass is 16.3. The zero-order valence-electron chi connectivity index (χ0n) is 17.1. The molecule has 4 nitrogen and oxygen atoms in total. The van der Waals surface area contributed by atoms with Crippen molar-refractivity contribution in [2.24, 2.45) is 0 Å². The maximum Gasteiger partial charge on any atom is 0.134 e. The lowest BCUT2D eigenvalue weighted by molar-refractivity contribution is 0.582. The minimum atomic E-state index is 0.853. The van der Waals surface area contributed by atoms with Gasteiger partial charge in [-0.3, -0.25) is 0 Å². The molecule has 7 rings (SSSR count). The first-order valence-electron chi connectivity index (χ1n) is 10.7. The summed E-state index contributed by atoms with van der Waals surface area (Å²) in [6.45, 7) is 0. The van der Waals surface area contributed by atoms with Crippen molar-refractivity contribution >= 4 is 32.7 Å². The van der Waals surface area contributed by atoms with Crippen molar-refractivity contribution in [3.63, 3.8) is 0 Å². The van der Waals surface area contributed by atoms with E-state index < -0.39 is 0 Å². The molecule has 0 radical (unpaired) electrons. The van der Waals surface area contributed by atoms with Crippen LogP contribution in [0.15, 0.2) is 102 Å². The van der Waals surface area contributed by atoms with E-state index in [9.17, 15) is 0 Å². The largest absolute Gasteiger partial charge is 0.464 e. The summed E-state index contributed by atoms with van der Waals surface area (Å²) in [6.07, 6.45) is 5.94. The zero-order valence-corrected chi connectivity index (χ0v) is 17.1. The Hall–Kier alpha value is -4.44. The fraction of sp³-hybridized carbons (Fsp3) is 0. The second-order valence-corrected chi connectivity index (χ2v) is 8.11. The molecule has 4 heterocycles. The maximum atomic E-state index is 5.85. The van der Waals surface area contributed by atoms with Crippen LogP contribution in [0.4, 0.5) is 0 Å². The molecule has 0 spiro atoms. The summed E-state index contributed by atoms with van der Waals surface area (Å²) in [5.41, 5.74) is 8.96. The molecular weight excluding hydrogens is 394 g/mol. The summed E-state index contributed by atoms with van der Waals surface area (Å²) in [4.78, 5) is 10.6. The van der Waals surface area contributed by atoms with Gasteiger partial charge in [0.15, 0.2) is 0 Å². The lowest BCUT2D eigenvalue weighted by atomic mass is 9.93. The van der Waals surface area contributed by atoms with Crippen LogP contribution < -0.4 is 0 Å². The van der Waals surface area contributed by atoms with Gasteiger partial charge >= 0.3 is 0 Å². The molecular formula is C28H19N3O. The van der Waals surface area contributed by atoms with Crippen LogP contribution in [-0.4, -0.2) is 15.0 Å². The van der Waals surface area contributed by atoms with Crippen molar-refractivity contribution in [1.29, 1.82) is 0 Å². The minimum Gasteiger partial charge on any atom is -0.464 e. The predicted molar refractivity (Wildman–Crippen MR) is 131 cm³/mol. The summed E-state index contributed by atoms with van der Waals surface area (Å²) < 4.78 is 5.85. The molecule has 0 fully saturated rings. The average Bonchev–Trinajstić information content (AvgIpc) is 3.63. The Kier molecular flexibility index (Phi) is 3.52. The molecule has 152 valence electrons. The van der Waals surface area contributed by atoms with Gasteiger partial charge in [0.1, 0.15) is 5.76 Å². The van der Waals surface area contributed by atoms with Crippen molar-refractivity contribution in [3.05, 3.63) is 97.5 Å². The van der Waals surface area contributed by atoms with E-state index in [0.717, 1.165) is 39.1 Å². The van der Waals surface area contributed by atoms with Crippen LogP contribution in [0.1, 0.15) is 0 Å². The summed E-state index contributed by atoms with van der Waals surface area (Å²) in [5, 5.41) is 3.57. The van der Waals surface area contributed by atoms with Crippen molar-refractivity contribution in [2.75, 3.05) is 0 Å². The molecule has 0 bridgehead atoms. The summed E-state index contributed by atoms with van der Waals surface area (Å²) in [7, 11) is 0. The molecule has 0 atom stereocenters. The quantitative estimate of drug-likeness (QED) is 0.273. The van der Waals surface area contributed by atoms with Gasteiger partial charge in [-0.25, -0.2) is 0 Å². The average molecular weight is 413 g/mol. The highest BCUT2D eigenvalue weighted by molar-refractivity contribution is 6.13. The number of benzene rings is 3. The number of rotatable bonds is 3. The second-order valence-electron chi connectivity index (χ2n) is 8.11. The van der Waals surface area contributed by atoms with Crippen LogP contribution >= 0.6 is 0 Å². The molecule has 0 aliphatic rings. The first-order valence-corrected chi connectivity index (χ1v) is 10.7. The molecule has 32 heavy (non-hydrogen) atoms. The van der Waals surface area contributed by atoms with E-state index in [4.69, 9.17) is 4.42 Å². The first kappa shape index (κ1) is 17.3. The predicted octanol–water partition coefficient (Wildman–Crippen LogP) is 7.72. The standard InChI is InChI=1S/C28H19N3O/c1-3-8-22-17(6-1)14-25(31-22)27-19(26-10-5-13-32-26)11-12-24-28(27)21(16-30-24)20-15-29-23-9-4-2-7-18(20)23/h1-16,29-31H. The topological polar surface area (TPSA) is 60.5 Å². The van der Waals surface area contributed by atoms with Crippen LogP contribution in [0.5, 0.6) is 0 Å². The van der Waals surface area contributed by atoms with E-state index in [0.29, 0.717) is 0 Å². The Morgan fingerprint density at radius 1 is 0.625 bits per heavy atom. The van der Waals surface area contributed by atoms with Gasteiger partial charge in [-0.1, -0.05) is 36.4 Å². The SMILES string of the molecule is c1coc(-c2ccc3[nH]cc(-c4c[nH]c5ccccc45)c3c2-c2cc3ccccc3[nH]2)c1. The number of furan rings is 1. The van der Waals surface area contributed by atoms with Gasteiger partial charge in [0.25, 0.3) is 0 Å². The third kappa shape index (κ3) is 2.44. The molecule has 7 aromatic rings. The van der Waals surface area contributed by atoms with Crippen LogP contribution in [0, 0.1) is 0 Å². The van der Waals surface area contributed by atoms with Gasteiger partial charge in [-0.05, 0) is 42.5 Å². The molecule has 4 heteroatoms. The number of hydrogen-bond donors (Lipinski definition) is 3. The summed E-state index contributed by atoms with van der Waals surface area (Å²) in [6, 6.07) is 27.3. The fourth-order valence-electron chi connectivity index (χ4n) is 4.86. The van der Waals surface area contributed by atoms with Crippen LogP contribution in [0.25, 0.3) is 66.4 Å². The minimum absolute atomic E-state index is 0.853. The van der Waals surface area contributed by atoms with E-state index >= 15 is 0 Å². The van der Waals surface area contributed by atoms with Gasteiger partial charge in [-0.2, -0.15) is 0 Å². The Labute approximate surface area is 183 Å². The van der Waals surface area contributed by atoms with E-state index in [1.54, 1.807) is 6.26 Å². The van der Waals surface area contributed by atoms with Gasteiger partial charge in [0.05, 0.1) is 6.26 Å². The molecule has 0 aliphatic carbocycles. The number of nitrogens with one attached hydrogen (secondary N) is 3. The van der Waals surface area contributed by atoms with Gasteiger partial charge in [0.2, 0.25) is 0 Å². The monoisotopic (exact) mass is 413 g/mol. The lowest BCUT2D eigenvalue weighted by Crippen LogP contribution is -1.87. The summed E-state index contributed by atoms with van der Waals surface area (Å²) >= 11 is 0. The lowest BCUT2D eigenvalue weighted by Gasteiger charge is -2.10. The normalized spacial score (nSPS) is 11.8. The zero-order chi connectivity index (χ0) is 21.1. The molecule has 3 N–H and O–H groups in total. The number of para-hydroxylation sites is 2. The first-order chi connectivity index (χ1) is 15.9. The Morgan fingerprint density at radius 2 is 1.44 bits per heavy atom. The van der Waals surface area contributed by atoms with Crippen LogP contribution in [-0.2, 0) is 0 Å². The Bertz CT molecular complexity index is 1690. The highest BCUT2D eigenvalue weighted by Gasteiger charge is 2.21. The molecule has 0 aliphatic heterocycles. The van der Waals surface area contributed by atoms with Crippen molar-refractivity contribution in [2.45, 2.75) is 0 Å².